The number of rotatable bonds is 7. The lowest BCUT2D eigenvalue weighted by atomic mass is 9.98. The molecule has 0 amide bonds. The molecule has 0 saturated carbocycles. The van der Waals surface area contributed by atoms with Crippen LogP contribution in [0, 0.1) is 0 Å². The van der Waals surface area contributed by atoms with Gasteiger partial charge in [-0.05, 0) is 18.2 Å². The van der Waals surface area contributed by atoms with Crippen molar-refractivity contribution in [2.45, 2.75) is 55.3 Å². The Morgan fingerprint density at radius 2 is 1.63 bits per heavy atom. The second-order valence-electron chi connectivity index (χ2n) is 9.99. The average molecular weight is 611 g/mol. The van der Waals surface area contributed by atoms with Crippen molar-refractivity contribution in [2.75, 3.05) is 20.3 Å². The minimum Gasteiger partial charge on any atom is -0.507 e. The van der Waals surface area contributed by atoms with Crippen molar-refractivity contribution < 1.29 is 74.1 Å². The second-order valence-corrected chi connectivity index (χ2v) is 9.99. The Morgan fingerprint density at radius 3 is 2.33 bits per heavy atom. The van der Waals surface area contributed by atoms with Gasteiger partial charge < -0.3 is 74.1 Å². The summed E-state index contributed by atoms with van der Waals surface area (Å²) in [6.45, 7) is -1.26. The molecule has 2 saturated heterocycles. The Morgan fingerprint density at radius 1 is 0.884 bits per heavy atom. The minimum absolute atomic E-state index is 0.0541. The number of methoxy groups -OCH3 is 1. The summed E-state index contributed by atoms with van der Waals surface area (Å²) < 4.78 is 33.2. The quantitative estimate of drug-likeness (QED) is 0.143. The molecule has 0 aliphatic carbocycles. The van der Waals surface area contributed by atoms with Gasteiger partial charge in [-0.3, -0.25) is 4.79 Å². The van der Waals surface area contributed by atoms with E-state index in [2.05, 4.69) is 0 Å². The molecule has 2 aliphatic heterocycles. The SMILES string of the molecule is COc1cc(-c2cc(=O)c3c(O)cc(O)c(O[C@@H]4O[C@H](CO)[C@@H](O)[C@H](O)[C@H]4O[C@@H]4OC[C@@H](O)[C@H](O)[C@H]4O)c3o2)ccc1O. The zero-order valence-electron chi connectivity index (χ0n) is 22.4. The first-order valence-corrected chi connectivity index (χ1v) is 13.0. The molecule has 16 heteroatoms. The van der Waals surface area contributed by atoms with Gasteiger partial charge in [0, 0.05) is 17.7 Å². The Hall–Kier alpha value is -3.71. The third-order valence-electron chi connectivity index (χ3n) is 7.18. The summed E-state index contributed by atoms with van der Waals surface area (Å²) in [6.07, 6.45) is -15.2. The highest BCUT2D eigenvalue weighted by Gasteiger charge is 2.50. The molecule has 234 valence electrons. The molecule has 43 heavy (non-hydrogen) atoms. The molecule has 2 fully saturated rings. The Labute approximate surface area is 241 Å². The average Bonchev–Trinajstić information content (AvgIpc) is 2.98. The molecule has 2 aliphatic rings. The van der Waals surface area contributed by atoms with Crippen LogP contribution in [0.5, 0.6) is 28.7 Å². The molecule has 9 atom stereocenters. The number of hydrogen-bond acceptors (Lipinski definition) is 16. The van der Waals surface area contributed by atoms with E-state index >= 15 is 0 Å². The fourth-order valence-corrected chi connectivity index (χ4v) is 4.83. The van der Waals surface area contributed by atoms with E-state index in [1.165, 1.54) is 25.3 Å². The van der Waals surface area contributed by atoms with Crippen LogP contribution in [0.4, 0.5) is 0 Å². The van der Waals surface area contributed by atoms with Gasteiger partial charge >= 0.3 is 0 Å². The van der Waals surface area contributed by atoms with Crippen LogP contribution < -0.4 is 14.9 Å². The van der Waals surface area contributed by atoms with Crippen molar-refractivity contribution >= 4 is 11.0 Å². The van der Waals surface area contributed by atoms with Gasteiger partial charge in [-0.1, -0.05) is 0 Å². The number of hydrogen-bond donors (Lipinski definition) is 9. The molecule has 0 spiro atoms. The van der Waals surface area contributed by atoms with Gasteiger partial charge in [0.1, 0.15) is 53.5 Å². The lowest BCUT2D eigenvalue weighted by Crippen LogP contribution is -2.63. The van der Waals surface area contributed by atoms with Gasteiger partial charge in [-0.2, -0.15) is 0 Å². The zero-order chi connectivity index (χ0) is 31.2. The lowest BCUT2D eigenvalue weighted by Gasteiger charge is -2.44. The maximum Gasteiger partial charge on any atom is 0.230 e. The summed E-state index contributed by atoms with van der Waals surface area (Å²) in [7, 11) is 1.31. The van der Waals surface area contributed by atoms with Crippen LogP contribution in [-0.2, 0) is 14.2 Å². The van der Waals surface area contributed by atoms with Gasteiger partial charge in [0.2, 0.25) is 12.0 Å². The third-order valence-corrected chi connectivity index (χ3v) is 7.18. The number of aliphatic hydroxyl groups is 6. The van der Waals surface area contributed by atoms with Crippen molar-refractivity contribution in [1.29, 1.82) is 0 Å². The summed E-state index contributed by atoms with van der Waals surface area (Å²) in [6, 6.07) is 5.88. The lowest BCUT2D eigenvalue weighted by molar-refractivity contribution is -0.344. The molecule has 0 unspecified atom stereocenters. The molecular formula is C27H30O16. The van der Waals surface area contributed by atoms with E-state index in [1.807, 2.05) is 0 Å². The van der Waals surface area contributed by atoms with E-state index in [0.29, 0.717) is 0 Å². The number of fused-ring (bicyclic) bond motifs is 1. The second kappa shape index (κ2) is 12.1. The number of ether oxygens (including phenoxy) is 5. The number of phenolic OH excluding ortho intramolecular Hbond substituents is 3. The Kier molecular flexibility index (Phi) is 8.66. The van der Waals surface area contributed by atoms with E-state index < -0.39 is 102 Å². The summed E-state index contributed by atoms with van der Waals surface area (Å²) in [5.74, 6) is -2.25. The van der Waals surface area contributed by atoms with Crippen LogP contribution in [-0.4, -0.2) is 122 Å². The van der Waals surface area contributed by atoms with E-state index in [1.54, 1.807) is 0 Å². The first kappa shape index (κ1) is 30.7. The number of benzene rings is 2. The fraction of sp³-hybridized carbons (Fsp3) is 0.444. The van der Waals surface area contributed by atoms with Crippen LogP contribution in [0.2, 0.25) is 0 Å². The van der Waals surface area contributed by atoms with E-state index in [9.17, 15) is 50.8 Å². The normalized spacial score (nSPS) is 31.2. The highest BCUT2D eigenvalue weighted by atomic mass is 16.8. The fourth-order valence-electron chi connectivity index (χ4n) is 4.83. The van der Waals surface area contributed by atoms with Crippen molar-refractivity contribution in [2.24, 2.45) is 0 Å². The van der Waals surface area contributed by atoms with Crippen LogP contribution in [0.15, 0.2) is 39.5 Å². The highest BCUT2D eigenvalue weighted by molar-refractivity contribution is 5.91. The smallest absolute Gasteiger partial charge is 0.230 e. The van der Waals surface area contributed by atoms with Crippen LogP contribution in [0.1, 0.15) is 0 Å². The monoisotopic (exact) mass is 610 g/mol. The first-order valence-electron chi connectivity index (χ1n) is 13.0. The highest BCUT2D eigenvalue weighted by Crippen LogP contribution is 2.43. The van der Waals surface area contributed by atoms with E-state index in [0.717, 1.165) is 12.1 Å². The minimum atomic E-state index is -1.87. The predicted octanol–water partition coefficient (Wildman–Crippen LogP) is -1.77. The summed E-state index contributed by atoms with van der Waals surface area (Å²) >= 11 is 0. The Bertz CT molecular complexity index is 1520. The van der Waals surface area contributed by atoms with Crippen molar-refractivity contribution in [1.82, 2.24) is 0 Å². The van der Waals surface area contributed by atoms with Gasteiger partial charge in [0.05, 0.1) is 20.3 Å². The van der Waals surface area contributed by atoms with E-state index in [-0.39, 0.29) is 22.8 Å². The van der Waals surface area contributed by atoms with Crippen LogP contribution in [0.3, 0.4) is 0 Å². The molecular weight excluding hydrogens is 580 g/mol. The molecule has 3 aromatic rings. The molecule has 9 N–H and O–H groups in total. The van der Waals surface area contributed by atoms with E-state index in [4.69, 9.17) is 28.1 Å². The van der Waals surface area contributed by atoms with Gasteiger partial charge in [-0.15, -0.1) is 0 Å². The van der Waals surface area contributed by atoms with Crippen molar-refractivity contribution in [3.05, 3.63) is 40.6 Å². The summed E-state index contributed by atoms with van der Waals surface area (Å²) in [4.78, 5) is 13.1. The third kappa shape index (κ3) is 5.67. The molecule has 2 aromatic carbocycles. The molecule has 16 nitrogen and oxygen atoms in total. The largest absolute Gasteiger partial charge is 0.507 e. The van der Waals surface area contributed by atoms with Crippen molar-refractivity contribution in [3.8, 4) is 40.1 Å². The maximum atomic E-state index is 13.1. The first-order chi connectivity index (χ1) is 20.4. The Balaban J connectivity index is 1.58. The van der Waals surface area contributed by atoms with Gasteiger partial charge in [-0.25, -0.2) is 0 Å². The predicted molar refractivity (Wildman–Crippen MR) is 140 cm³/mol. The number of aliphatic hydroxyl groups excluding tert-OH is 6. The zero-order valence-corrected chi connectivity index (χ0v) is 22.4. The van der Waals surface area contributed by atoms with Crippen LogP contribution in [0.25, 0.3) is 22.3 Å². The number of aromatic hydroxyl groups is 3. The summed E-state index contributed by atoms with van der Waals surface area (Å²) in [5, 5.41) is 91.9. The molecule has 0 radical (unpaired) electrons. The van der Waals surface area contributed by atoms with Gasteiger partial charge in [0.15, 0.2) is 40.7 Å². The molecule has 0 bridgehead atoms. The summed E-state index contributed by atoms with van der Waals surface area (Å²) in [5.41, 5.74) is -0.998. The number of phenols is 3. The topological polar surface area (TPSA) is 258 Å². The van der Waals surface area contributed by atoms with Crippen molar-refractivity contribution in [3.63, 3.8) is 0 Å². The van der Waals surface area contributed by atoms with Gasteiger partial charge in [0.25, 0.3) is 0 Å². The molecule has 5 rings (SSSR count). The standard InChI is InChI=1S/C27H30O16/c1-38-16-4-9(2-3-10(16)29)15-6-12(31)18-11(30)5-13(32)23(24(18)40-15)42-27-25(21(36)20(35)17(7-28)41-27)43-26-22(37)19(34)14(33)8-39-26/h2-6,14,17,19-22,25-30,32-37H,7-8H2,1H3/t14-,17-,19+,20-,21+,22-,25-,26+,27+/m1/s1. The maximum absolute atomic E-state index is 13.1. The molecule has 3 heterocycles. The molecule has 1 aromatic heterocycles. The van der Waals surface area contributed by atoms with Crippen LogP contribution >= 0.6 is 0 Å².